The molecule has 0 bridgehead atoms. The molecule has 0 aromatic carbocycles. The molecule has 12 heavy (non-hydrogen) atoms. The van der Waals surface area contributed by atoms with E-state index in [0.29, 0.717) is 9.46 Å². The minimum atomic E-state index is 0.0767. The second kappa shape index (κ2) is 3.52. The van der Waals surface area contributed by atoms with Crippen molar-refractivity contribution in [2.24, 2.45) is 11.3 Å². The summed E-state index contributed by atoms with van der Waals surface area (Å²) in [6.07, 6.45) is 2.43. The second-order valence-electron chi connectivity index (χ2n) is 4.29. The first kappa shape index (κ1) is 10.3. The van der Waals surface area contributed by atoms with E-state index >= 15 is 0 Å². The summed E-state index contributed by atoms with van der Waals surface area (Å²) in [4.78, 5) is 10.7. The average Bonchev–Trinajstić information content (AvgIpc) is 2.35. The summed E-state index contributed by atoms with van der Waals surface area (Å²) in [6, 6.07) is 0. The maximum atomic E-state index is 10.7. The number of nitrogens with one attached hydrogen (secondary N) is 1. The first-order valence-corrected chi connectivity index (χ1v) is 5.57. The van der Waals surface area contributed by atoms with Crippen LogP contribution in [0.5, 0.6) is 0 Å². The SMILES string of the molecule is CC(=O)NC(I)CC1CC1(C)C. The highest BCUT2D eigenvalue weighted by Crippen LogP contribution is 2.54. The molecule has 1 aliphatic rings. The molecule has 0 saturated heterocycles. The van der Waals surface area contributed by atoms with Crippen LogP contribution >= 0.6 is 22.6 Å². The molecule has 0 spiro atoms. The van der Waals surface area contributed by atoms with Crippen molar-refractivity contribution >= 4 is 28.5 Å². The van der Waals surface area contributed by atoms with Crippen LogP contribution in [0.1, 0.15) is 33.6 Å². The third-order valence-corrected chi connectivity index (χ3v) is 3.39. The predicted octanol–water partition coefficient (Wildman–Crippen LogP) is 2.32. The van der Waals surface area contributed by atoms with Gasteiger partial charge in [0.25, 0.3) is 0 Å². The molecule has 1 amide bonds. The van der Waals surface area contributed by atoms with E-state index in [9.17, 15) is 4.79 Å². The number of hydrogen-bond acceptors (Lipinski definition) is 1. The topological polar surface area (TPSA) is 29.1 Å². The lowest BCUT2D eigenvalue weighted by Crippen LogP contribution is -2.28. The van der Waals surface area contributed by atoms with Crippen molar-refractivity contribution in [1.82, 2.24) is 5.32 Å². The molecule has 1 N–H and O–H groups in total. The summed E-state index contributed by atoms with van der Waals surface area (Å²) >= 11 is 2.30. The molecular weight excluding hydrogens is 265 g/mol. The van der Waals surface area contributed by atoms with E-state index in [0.717, 1.165) is 12.3 Å². The summed E-state index contributed by atoms with van der Waals surface area (Å²) in [5, 5.41) is 2.90. The fourth-order valence-electron chi connectivity index (χ4n) is 1.51. The quantitative estimate of drug-likeness (QED) is 0.480. The standard InChI is InChI=1S/C9H16INO/c1-6(12)11-8(10)4-7-5-9(7,2)3/h7-8H,4-5H2,1-3H3,(H,11,12). The van der Waals surface area contributed by atoms with E-state index in [4.69, 9.17) is 0 Å². The van der Waals surface area contributed by atoms with Gasteiger partial charge >= 0.3 is 0 Å². The van der Waals surface area contributed by atoms with Gasteiger partial charge in [-0.3, -0.25) is 4.79 Å². The van der Waals surface area contributed by atoms with E-state index in [1.54, 1.807) is 6.92 Å². The fraction of sp³-hybridized carbons (Fsp3) is 0.889. The Morgan fingerprint density at radius 1 is 1.75 bits per heavy atom. The predicted molar refractivity (Wildman–Crippen MR) is 58.1 cm³/mol. The summed E-state index contributed by atoms with van der Waals surface area (Å²) in [7, 11) is 0. The number of amides is 1. The van der Waals surface area contributed by atoms with Gasteiger partial charge in [0.15, 0.2) is 0 Å². The zero-order chi connectivity index (χ0) is 9.35. The molecule has 0 aromatic heterocycles. The monoisotopic (exact) mass is 281 g/mol. The molecule has 1 saturated carbocycles. The first-order valence-electron chi connectivity index (χ1n) is 4.33. The minimum absolute atomic E-state index is 0.0767. The van der Waals surface area contributed by atoms with Crippen LogP contribution in [0.15, 0.2) is 0 Å². The fourth-order valence-corrected chi connectivity index (χ4v) is 2.56. The van der Waals surface area contributed by atoms with Crippen LogP contribution in [0.3, 0.4) is 0 Å². The molecule has 1 fully saturated rings. The molecule has 0 radical (unpaired) electrons. The van der Waals surface area contributed by atoms with E-state index in [1.807, 2.05) is 0 Å². The van der Waals surface area contributed by atoms with Gasteiger partial charge in [-0.25, -0.2) is 0 Å². The van der Waals surface area contributed by atoms with Crippen molar-refractivity contribution in [3.8, 4) is 0 Å². The number of rotatable bonds is 3. The first-order chi connectivity index (χ1) is 5.42. The zero-order valence-electron chi connectivity index (χ0n) is 7.86. The van der Waals surface area contributed by atoms with Gasteiger partial charge in [0.1, 0.15) is 0 Å². The van der Waals surface area contributed by atoms with Crippen molar-refractivity contribution in [3.05, 3.63) is 0 Å². The van der Waals surface area contributed by atoms with Gasteiger partial charge in [-0.1, -0.05) is 36.4 Å². The Hall–Kier alpha value is 0.200. The van der Waals surface area contributed by atoms with E-state index in [-0.39, 0.29) is 5.91 Å². The highest BCUT2D eigenvalue weighted by Gasteiger charge is 2.45. The van der Waals surface area contributed by atoms with E-state index in [2.05, 4.69) is 41.8 Å². The van der Waals surface area contributed by atoms with E-state index in [1.165, 1.54) is 6.42 Å². The molecule has 2 nitrogen and oxygen atoms in total. The van der Waals surface area contributed by atoms with Crippen LogP contribution in [0.25, 0.3) is 0 Å². The van der Waals surface area contributed by atoms with Crippen LogP contribution in [0.2, 0.25) is 0 Å². The Morgan fingerprint density at radius 2 is 2.25 bits per heavy atom. The number of hydrogen-bond donors (Lipinski definition) is 1. The van der Waals surface area contributed by atoms with Gasteiger partial charge in [0.2, 0.25) is 5.91 Å². The van der Waals surface area contributed by atoms with Gasteiger partial charge in [0.05, 0.1) is 4.05 Å². The Labute approximate surface area is 87.6 Å². The summed E-state index contributed by atoms with van der Waals surface area (Å²) in [5.74, 6) is 0.888. The number of carbonyl (C=O) groups is 1. The smallest absolute Gasteiger partial charge is 0.217 e. The summed E-state index contributed by atoms with van der Waals surface area (Å²) in [6.45, 7) is 6.15. The molecule has 2 unspecified atom stereocenters. The molecule has 2 atom stereocenters. The lowest BCUT2D eigenvalue weighted by molar-refractivity contribution is -0.119. The number of halogens is 1. The minimum Gasteiger partial charge on any atom is -0.345 e. The lowest BCUT2D eigenvalue weighted by atomic mass is 10.1. The summed E-state index contributed by atoms with van der Waals surface area (Å²) < 4.78 is 0.312. The molecule has 3 heteroatoms. The van der Waals surface area contributed by atoms with Gasteiger partial charge < -0.3 is 5.32 Å². The largest absolute Gasteiger partial charge is 0.345 e. The van der Waals surface area contributed by atoms with Crippen LogP contribution in [-0.4, -0.2) is 9.96 Å². The lowest BCUT2D eigenvalue weighted by Gasteiger charge is -2.11. The highest BCUT2D eigenvalue weighted by molar-refractivity contribution is 14.1. The molecule has 1 rings (SSSR count). The van der Waals surface area contributed by atoms with Crippen LogP contribution in [0, 0.1) is 11.3 Å². The maximum absolute atomic E-state index is 10.7. The van der Waals surface area contributed by atoms with Gasteiger partial charge in [-0.15, -0.1) is 0 Å². The van der Waals surface area contributed by atoms with Gasteiger partial charge in [-0.05, 0) is 24.2 Å². The van der Waals surface area contributed by atoms with Crippen LogP contribution in [0.4, 0.5) is 0 Å². The average molecular weight is 281 g/mol. The van der Waals surface area contributed by atoms with Crippen molar-refractivity contribution in [1.29, 1.82) is 0 Å². The molecule has 0 heterocycles. The van der Waals surface area contributed by atoms with Gasteiger partial charge in [-0.2, -0.15) is 0 Å². The third-order valence-electron chi connectivity index (χ3n) is 2.57. The Balaban J connectivity index is 2.20. The molecule has 1 aliphatic carbocycles. The van der Waals surface area contributed by atoms with Gasteiger partial charge in [0, 0.05) is 6.92 Å². The molecule has 0 aliphatic heterocycles. The highest BCUT2D eigenvalue weighted by atomic mass is 127. The Bertz CT molecular complexity index is 191. The third kappa shape index (κ3) is 2.92. The maximum Gasteiger partial charge on any atom is 0.217 e. The Morgan fingerprint density at radius 3 is 2.58 bits per heavy atom. The molecule has 70 valence electrons. The van der Waals surface area contributed by atoms with Crippen LogP contribution < -0.4 is 5.32 Å². The number of alkyl halides is 1. The molecular formula is C9H16INO. The van der Waals surface area contributed by atoms with Crippen molar-refractivity contribution < 1.29 is 4.79 Å². The van der Waals surface area contributed by atoms with Crippen molar-refractivity contribution in [3.63, 3.8) is 0 Å². The molecule has 0 aromatic rings. The van der Waals surface area contributed by atoms with E-state index < -0.39 is 0 Å². The zero-order valence-corrected chi connectivity index (χ0v) is 10.0. The second-order valence-corrected chi connectivity index (χ2v) is 5.80. The van der Waals surface area contributed by atoms with Crippen molar-refractivity contribution in [2.45, 2.75) is 37.7 Å². The summed E-state index contributed by atoms with van der Waals surface area (Å²) in [5.41, 5.74) is 0.530. The Kier molecular flexibility index (Phi) is 3.01. The normalized spacial score (nSPS) is 27.8. The van der Waals surface area contributed by atoms with Crippen LogP contribution in [-0.2, 0) is 4.79 Å². The van der Waals surface area contributed by atoms with Crippen molar-refractivity contribution in [2.75, 3.05) is 0 Å². The number of carbonyl (C=O) groups excluding carboxylic acids is 1.